The molecule has 7 nitrogen and oxygen atoms in total. The third kappa shape index (κ3) is 8.61. The van der Waals surface area contributed by atoms with Gasteiger partial charge in [0.15, 0.2) is 0 Å². The van der Waals surface area contributed by atoms with Gasteiger partial charge in [0.2, 0.25) is 21.8 Å². The van der Waals surface area contributed by atoms with Crippen molar-refractivity contribution in [3.63, 3.8) is 0 Å². The Balaban J connectivity index is 1.64. The Bertz CT molecular complexity index is 1120. The monoisotopic (exact) mass is 533 g/mol. The summed E-state index contributed by atoms with van der Waals surface area (Å²) in [5, 5.41) is 3.55. The summed E-state index contributed by atoms with van der Waals surface area (Å²) in [6, 6.07) is 13.3. The number of aryl methyl sites for hydroxylation is 1. The molecular formula is C27H36ClN3O4S. The van der Waals surface area contributed by atoms with E-state index >= 15 is 0 Å². The lowest BCUT2D eigenvalue weighted by atomic mass is 10.1. The molecule has 1 atom stereocenters. The predicted octanol–water partition coefficient (Wildman–Crippen LogP) is 4.44. The molecule has 0 aliphatic heterocycles. The number of unbranched alkanes of at least 4 members (excludes halogenated alkanes) is 2. The molecule has 1 aliphatic rings. The SMILES string of the molecule is CCCCCNC(=O)C(C)N(Cc1ccc(Cl)cc1)C(=O)CCc1ccc(S(=O)(=O)NC2CC2)cc1. The number of carbonyl (C=O) groups is 2. The smallest absolute Gasteiger partial charge is 0.242 e. The van der Waals surface area contributed by atoms with Crippen molar-refractivity contribution in [1.29, 1.82) is 0 Å². The zero-order valence-corrected chi connectivity index (χ0v) is 22.6. The number of carbonyl (C=O) groups excluding carboxylic acids is 2. The molecule has 0 heterocycles. The lowest BCUT2D eigenvalue weighted by Crippen LogP contribution is -2.47. The average Bonchev–Trinajstić information content (AvgIpc) is 3.68. The van der Waals surface area contributed by atoms with Crippen LogP contribution < -0.4 is 10.0 Å². The highest BCUT2D eigenvalue weighted by atomic mass is 35.5. The molecular weight excluding hydrogens is 498 g/mol. The average molecular weight is 534 g/mol. The van der Waals surface area contributed by atoms with E-state index in [2.05, 4.69) is 17.0 Å². The Morgan fingerprint density at radius 2 is 1.67 bits per heavy atom. The van der Waals surface area contributed by atoms with E-state index in [0.29, 0.717) is 24.5 Å². The van der Waals surface area contributed by atoms with E-state index in [-0.39, 0.29) is 29.2 Å². The first-order chi connectivity index (χ1) is 17.2. The molecule has 1 aliphatic carbocycles. The van der Waals surface area contributed by atoms with Gasteiger partial charge in [-0.2, -0.15) is 0 Å². The molecule has 2 aromatic carbocycles. The minimum Gasteiger partial charge on any atom is -0.354 e. The molecule has 0 saturated heterocycles. The Labute approximate surface area is 219 Å². The molecule has 0 bridgehead atoms. The third-order valence-electron chi connectivity index (χ3n) is 6.27. The van der Waals surface area contributed by atoms with Gasteiger partial charge in [-0.15, -0.1) is 0 Å². The topological polar surface area (TPSA) is 95.6 Å². The second-order valence-corrected chi connectivity index (χ2v) is 11.5. The third-order valence-corrected chi connectivity index (χ3v) is 8.06. The first kappa shape index (κ1) is 28.2. The highest BCUT2D eigenvalue weighted by Crippen LogP contribution is 2.22. The van der Waals surface area contributed by atoms with Crippen molar-refractivity contribution < 1.29 is 18.0 Å². The molecule has 2 amide bonds. The minimum absolute atomic E-state index is 0.0461. The summed E-state index contributed by atoms with van der Waals surface area (Å²) < 4.78 is 27.4. The molecule has 196 valence electrons. The normalized spacial score (nSPS) is 14.3. The van der Waals surface area contributed by atoms with Gasteiger partial charge in [0.1, 0.15) is 6.04 Å². The number of halogens is 1. The van der Waals surface area contributed by atoms with Crippen molar-refractivity contribution in [1.82, 2.24) is 14.9 Å². The van der Waals surface area contributed by atoms with Crippen LogP contribution in [0.5, 0.6) is 0 Å². The predicted molar refractivity (Wildman–Crippen MR) is 142 cm³/mol. The van der Waals surface area contributed by atoms with E-state index in [4.69, 9.17) is 11.6 Å². The van der Waals surface area contributed by atoms with Gasteiger partial charge in [-0.25, -0.2) is 13.1 Å². The number of benzene rings is 2. The lowest BCUT2D eigenvalue weighted by Gasteiger charge is -2.29. The van der Waals surface area contributed by atoms with Gasteiger partial charge in [0.25, 0.3) is 0 Å². The molecule has 9 heteroatoms. The largest absolute Gasteiger partial charge is 0.354 e. The van der Waals surface area contributed by atoms with E-state index in [1.54, 1.807) is 48.2 Å². The lowest BCUT2D eigenvalue weighted by molar-refractivity contribution is -0.140. The van der Waals surface area contributed by atoms with E-state index in [9.17, 15) is 18.0 Å². The Morgan fingerprint density at radius 3 is 2.28 bits per heavy atom. The maximum atomic E-state index is 13.3. The van der Waals surface area contributed by atoms with Gasteiger partial charge in [-0.05, 0) is 68.0 Å². The van der Waals surface area contributed by atoms with Gasteiger partial charge in [0.05, 0.1) is 4.90 Å². The van der Waals surface area contributed by atoms with Crippen LogP contribution in [0.1, 0.15) is 63.5 Å². The summed E-state index contributed by atoms with van der Waals surface area (Å²) in [6.45, 7) is 4.73. The summed E-state index contributed by atoms with van der Waals surface area (Å²) in [4.78, 5) is 27.9. The highest BCUT2D eigenvalue weighted by molar-refractivity contribution is 7.89. The Morgan fingerprint density at radius 1 is 1.03 bits per heavy atom. The zero-order valence-electron chi connectivity index (χ0n) is 21.0. The molecule has 0 radical (unpaired) electrons. The number of sulfonamides is 1. The summed E-state index contributed by atoms with van der Waals surface area (Å²) in [7, 11) is -3.51. The van der Waals surface area contributed by atoms with Crippen molar-refractivity contribution in [3.8, 4) is 0 Å². The molecule has 0 aromatic heterocycles. The van der Waals surface area contributed by atoms with Crippen molar-refractivity contribution in [2.45, 2.75) is 82.3 Å². The quantitative estimate of drug-likeness (QED) is 0.351. The minimum atomic E-state index is -3.51. The number of hydrogen-bond donors (Lipinski definition) is 2. The second kappa shape index (κ2) is 13.2. The molecule has 3 rings (SSSR count). The van der Waals surface area contributed by atoms with Crippen LogP contribution in [0.15, 0.2) is 53.4 Å². The van der Waals surface area contributed by atoms with Gasteiger partial charge >= 0.3 is 0 Å². The highest BCUT2D eigenvalue weighted by Gasteiger charge is 2.28. The first-order valence-corrected chi connectivity index (χ1v) is 14.5. The molecule has 2 N–H and O–H groups in total. The molecule has 1 unspecified atom stereocenters. The number of amides is 2. The number of nitrogens with one attached hydrogen (secondary N) is 2. The maximum absolute atomic E-state index is 13.3. The van der Waals surface area contributed by atoms with Crippen LogP contribution in [0.4, 0.5) is 0 Å². The van der Waals surface area contributed by atoms with E-state index < -0.39 is 16.1 Å². The second-order valence-electron chi connectivity index (χ2n) is 9.36. The fraction of sp³-hybridized carbons (Fsp3) is 0.481. The van der Waals surface area contributed by atoms with Crippen molar-refractivity contribution in [2.24, 2.45) is 0 Å². The van der Waals surface area contributed by atoms with Gasteiger partial charge in [0, 0.05) is 30.6 Å². The van der Waals surface area contributed by atoms with Gasteiger partial charge < -0.3 is 10.2 Å². The zero-order chi connectivity index (χ0) is 26.1. The molecule has 0 spiro atoms. The summed E-state index contributed by atoms with van der Waals surface area (Å²) in [5.41, 5.74) is 1.74. The molecule has 1 fully saturated rings. The van der Waals surface area contributed by atoms with Gasteiger partial charge in [-0.1, -0.05) is 55.6 Å². The molecule has 2 aromatic rings. The van der Waals surface area contributed by atoms with Crippen LogP contribution in [0.2, 0.25) is 5.02 Å². The van der Waals surface area contributed by atoms with E-state index in [0.717, 1.165) is 43.2 Å². The standard InChI is InChI=1S/C27H36ClN3O4S/c1-3-4-5-18-29-27(33)20(2)31(19-22-6-11-23(28)12-7-22)26(32)17-10-21-8-15-25(16-9-21)36(34,35)30-24-13-14-24/h6-9,11-12,15-16,20,24,30H,3-5,10,13-14,17-19H2,1-2H3,(H,29,33). The summed E-state index contributed by atoms with van der Waals surface area (Å²) >= 11 is 6.00. The number of nitrogens with zero attached hydrogens (tertiary/aromatic N) is 1. The number of hydrogen-bond acceptors (Lipinski definition) is 4. The van der Waals surface area contributed by atoms with Crippen LogP contribution in [-0.4, -0.2) is 43.8 Å². The van der Waals surface area contributed by atoms with Crippen LogP contribution >= 0.6 is 11.6 Å². The fourth-order valence-corrected chi connectivity index (χ4v) is 5.25. The maximum Gasteiger partial charge on any atom is 0.242 e. The van der Waals surface area contributed by atoms with Crippen LogP contribution in [-0.2, 0) is 32.6 Å². The summed E-state index contributed by atoms with van der Waals surface area (Å²) in [5.74, 6) is -0.320. The molecule has 1 saturated carbocycles. The van der Waals surface area contributed by atoms with E-state index in [1.165, 1.54) is 0 Å². The number of rotatable bonds is 14. The van der Waals surface area contributed by atoms with E-state index in [1.807, 2.05) is 12.1 Å². The fourth-order valence-electron chi connectivity index (χ4n) is 3.82. The van der Waals surface area contributed by atoms with Crippen molar-refractivity contribution >= 4 is 33.4 Å². The summed E-state index contributed by atoms with van der Waals surface area (Å²) in [6.07, 6.45) is 5.41. The van der Waals surface area contributed by atoms with Crippen molar-refractivity contribution in [3.05, 3.63) is 64.7 Å². The van der Waals surface area contributed by atoms with Crippen LogP contribution in [0.25, 0.3) is 0 Å². The van der Waals surface area contributed by atoms with Crippen molar-refractivity contribution in [2.75, 3.05) is 6.54 Å². The van der Waals surface area contributed by atoms with Crippen LogP contribution in [0.3, 0.4) is 0 Å². The first-order valence-electron chi connectivity index (χ1n) is 12.6. The molecule has 36 heavy (non-hydrogen) atoms. The van der Waals surface area contributed by atoms with Crippen LogP contribution in [0, 0.1) is 0 Å². The Kier molecular flexibility index (Phi) is 10.3. The Hall–Kier alpha value is -2.42. The van der Waals surface area contributed by atoms with Gasteiger partial charge in [-0.3, -0.25) is 9.59 Å².